The fourth-order valence-electron chi connectivity index (χ4n) is 9.90. The van der Waals surface area contributed by atoms with E-state index < -0.39 is 42.0 Å². The monoisotopic (exact) mass is 1120 g/mol. The quantitative estimate of drug-likeness (QED) is 0.0317. The Hall–Kier alpha value is -3.95. The number of esters is 6. The van der Waals surface area contributed by atoms with E-state index in [0.717, 1.165) is 129 Å². The van der Waals surface area contributed by atoms with Gasteiger partial charge < -0.3 is 33.2 Å². The van der Waals surface area contributed by atoms with Crippen LogP contribution in [0.3, 0.4) is 0 Å². The molecule has 0 radical (unpaired) electrons. The predicted molar refractivity (Wildman–Crippen MR) is 310 cm³/mol. The molecule has 16 nitrogen and oxygen atoms in total. The van der Waals surface area contributed by atoms with Gasteiger partial charge in [-0.1, -0.05) is 183 Å². The Bertz CT molecular complexity index is 1410. The van der Waals surface area contributed by atoms with Crippen LogP contribution in [-0.2, 0) is 61.9 Å². The molecule has 0 spiro atoms. The van der Waals surface area contributed by atoms with Crippen molar-refractivity contribution in [3.05, 3.63) is 0 Å². The van der Waals surface area contributed by atoms with Crippen LogP contribution in [0.25, 0.3) is 0 Å². The first-order valence-corrected chi connectivity index (χ1v) is 32.0. The van der Waals surface area contributed by atoms with Crippen LogP contribution in [0.15, 0.2) is 0 Å². The first-order valence-electron chi connectivity index (χ1n) is 32.0. The predicted octanol–water partition coefficient (Wildman–Crippen LogP) is 14.1. The van der Waals surface area contributed by atoms with Crippen molar-refractivity contribution < 1.29 is 66.7 Å². The molecule has 1 amide bonds. The molecule has 0 aromatic rings. The second-order valence-electron chi connectivity index (χ2n) is 22.3. The van der Waals surface area contributed by atoms with E-state index in [1.807, 2.05) is 0 Å². The summed E-state index contributed by atoms with van der Waals surface area (Å²) in [7, 11) is 0. The molecule has 0 aromatic heterocycles. The lowest BCUT2D eigenvalue weighted by Crippen LogP contribution is -2.51. The minimum atomic E-state index is -0.637. The van der Waals surface area contributed by atoms with Crippen molar-refractivity contribution in [3.8, 4) is 0 Å². The number of ether oxygens (including phenoxy) is 7. The molecule has 1 aliphatic rings. The number of likely N-dealkylation sites (tertiary alicyclic amines) is 1. The minimum absolute atomic E-state index is 0.111. The third-order valence-electron chi connectivity index (χ3n) is 14.7. The Labute approximate surface area is 479 Å². The molecule has 16 heteroatoms. The zero-order valence-corrected chi connectivity index (χ0v) is 50.9. The summed E-state index contributed by atoms with van der Waals surface area (Å²) in [5.74, 6) is -3.90. The van der Waals surface area contributed by atoms with Gasteiger partial charge in [0.05, 0.1) is 51.4 Å². The summed E-state index contributed by atoms with van der Waals surface area (Å²) in [5.41, 5.74) is 0. The lowest BCUT2D eigenvalue weighted by molar-refractivity contribution is -0.156. The van der Waals surface area contributed by atoms with Crippen LogP contribution < -0.4 is 0 Å². The lowest BCUT2D eigenvalue weighted by atomic mass is 10.1. The van der Waals surface area contributed by atoms with E-state index in [9.17, 15) is 33.6 Å². The van der Waals surface area contributed by atoms with Gasteiger partial charge in [0, 0.05) is 44.1 Å². The molecule has 1 heterocycles. The number of nitrogens with zero attached hydrogens (tertiary/aromatic N) is 2. The summed E-state index contributed by atoms with van der Waals surface area (Å²) in [6.45, 7) is 14.5. The van der Waals surface area contributed by atoms with E-state index >= 15 is 0 Å². The molecule has 0 bridgehead atoms. The molecule has 0 aliphatic carbocycles. The van der Waals surface area contributed by atoms with Crippen molar-refractivity contribution in [2.24, 2.45) is 11.8 Å². The summed E-state index contributed by atoms with van der Waals surface area (Å²) in [6, 6.07) is -1.22. The number of hydrogen-bond donors (Lipinski definition) is 0. The van der Waals surface area contributed by atoms with Crippen LogP contribution in [0, 0.1) is 11.8 Å². The van der Waals surface area contributed by atoms with E-state index in [2.05, 4.69) is 46.4 Å². The largest absolute Gasteiger partial charge is 0.465 e. The van der Waals surface area contributed by atoms with E-state index in [0.29, 0.717) is 57.9 Å². The van der Waals surface area contributed by atoms with E-state index in [1.54, 1.807) is 4.90 Å². The summed E-state index contributed by atoms with van der Waals surface area (Å²) in [5, 5.41) is 0. The second kappa shape index (κ2) is 51.0. The van der Waals surface area contributed by atoms with Gasteiger partial charge in [-0.2, -0.15) is 0 Å². The van der Waals surface area contributed by atoms with Gasteiger partial charge in [-0.3, -0.25) is 38.6 Å². The fraction of sp³-hybridized carbons (Fsp3) is 0.889. The maximum atomic E-state index is 14.3. The maximum Gasteiger partial charge on any atom is 0.410 e. The van der Waals surface area contributed by atoms with Crippen LogP contribution in [0.2, 0.25) is 0 Å². The van der Waals surface area contributed by atoms with Crippen LogP contribution >= 0.6 is 0 Å². The zero-order valence-electron chi connectivity index (χ0n) is 50.9. The Morgan fingerprint density at radius 3 is 0.975 bits per heavy atom. The summed E-state index contributed by atoms with van der Waals surface area (Å²) in [6.07, 6.45) is 29.0. The fourth-order valence-corrected chi connectivity index (χ4v) is 9.90. The Morgan fingerprint density at radius 2 is 0.671 bits per heavy atom. The van der Waals surface area contributed by atoms with Gasteiger partial charge in [-0.15, -0.1) is 0 Å². The van der Waals surface area contributed by atoms with Crippen molar-refractivity contribution in [3.63, 3.8) is 0 Å². The Kier molecular flexibility index (Phi) is 47.1. The van der Waals surface area contributed by atoms with E-state index in [-0.39, 0.29) is 109 Å². The number of unbranched alkanes of at least 4 members (excludes halogenated alkanes) is 20. The first kappa shape index (κ1) is 73.1. The summed E-state index contributed by atoms with van der Waals surface area (Å²) in [4.78, 5) is 96.7. The van der Waals surface area contributed by atoms with Crippen molar-refractivity contribution in [1.29, 1.82) is 0 Å². The first-order chi connectivity index (χ1) is 38.4. The maximum absolute atomic E-state index is 14.3. The van der Waals surface area contributed by atoms with Crippen LogP contribution in [0.1, 0.15) is 273 Å². The molecule has 0 unspecified atom stereocenters. The van der Waals surface area contributed by atoms with Gasteiger partial charge in [0.15, 0.2) is 0 Å². The molecular weight excluding hydrogens is 1010 g/mol. The van der Waals surface area contributed by atoms with Crippen molar-refractivity contribution in [2.75, 3.05) is 65.9 Å². The molecule has 2 atom stereocenters. The van der Waals surface area contributed by atoms with Gasteiger partial charge in [0.25, 0.3) is 0 Å². The normalized spacial score (nSPS) is 14.5. The van der Waals surface area contributed by atoms with Gasteiger partial charge in [-0.25, -0.2) is 4.79 Å². The molecular formula is C63H114N2O14. The number of rotatable bonds is 51. The van der Waals surface area contributed by atoms with Gasteiger partial charge in [0.2, 0.25) is 0 Å². The molecule has 1 rings (SSSR count). The summed E-state index contributed by atoms with van der Waals surface area (Å²) >= 11 is 0. The topological polar surface area (TPSA) is 191 Å². The standard InChI is InChI=1S/C63H114N2O14/c1-7-13-17-21-25-29-37-57(66)74-47-53(48-75-58(67)38-30-26-22-18-14-8-2)45-61(70)78-51-55-35-33-34-36-56(65(55)63(72)73-44-43-64(41-11-5)42-12-6)52-79-62(71)46-54(49-76-59(68)39-31-27-23-19-15-9-3)50-77-60(69)40-32-28-24-20-16-10-4/h53-56H,7-52H2,1-6H3/t55-,56-/m0/s1. The van der Waals surface area contributed by atoms with Crippen molar-refractivity contribution in [1.82, 2.24) is 9.80 Å². The minimum Gasteiger partial charge on any atom is -0.465 e. The lowest BCUT2D eigenvalue weighted by Gasteiger charge is -2.35. The van der Waals surface area contributed by atoms with Crippen LogP contribution in [0.5, 0.6) is 0 Å². The molecule has 0 N–H and O–H groups in total. The highest BCUT2D eigenvalue weighted by molar-refractivity contribution is 5.73. The molecule has 1 fully saturated rings. The molecule has 1 saturated heterocycles. The number of hydrogen-bond acceptors (Lipinski definition) is 15. The average molecular weight is 1120 g/mol. The van der Waals surface area contributed by atoms with Gasteiger partial charge >= 0.3 is 41.9 Å². The molecule has 1 aliphatic heterocycles. The highest BCUT2D eigenvalue weighted by Crippen LogP contribution is 2.26. The Balaban J connectivity index is 3.21. The smallest absolute Gasteiger partial charge is 0.410 e. The third kappa shape index (κ3) is 40.8. The molecule has 79 heavy (non-hydrogen) atoms. The second-order valence-corrected chi connectivity index (χ2v) is 22.3. The number of carbonyl (C=O) groups is 7. The molecule has 0 aromatic carbocycles. The summed E-state index contributed by atoms with van der Waals surface area (Å²) < 4.78 is 40.4. The van der Waals surface area contributed by atoms with Crippen LogP contribution in [0.4, 0.5) is 4.79 Å². The number of carbonyl (C=O) groups excluding carboxylic acids is 7. The zero-order chi connectivity index (χ0) is 58.0. The molecule has 0 saturated carbocycles. The van der Waals surface area contributed by atoms with Crippen molar-refractivity contribution >= 4 is 41.9 Å². The highest BCUT2D eigenvalue weighted by Gasteiger charge is 2.36. The van der Waals surface area contributed by atoms with Crippen molar-refractivity contribution in [2.45, 2.75) is 285 Å². The average Bonchev–Trinajstić information content (AvgIpc) is 3.66. The van der Waals surface area contributed by atoms with E-state index in [1.165, 1.54) is 25.7 Å². The van der Waals surface area contributed by atoms with Crippen LogP contribution in [-0.4, -0.2) is 130 Å². The third-order valence-corrected chi connectivity index (χ3v) is 14.7. The Morgan fingerprint density at radius 1 is 0.367 bits per heavy atom. The SMILES string of the molecule is CCCCCCCCC(=O)OCC(COC(=O)CCCCCCCC)CC(=O)OC[C@@H]1CCCC[C@@H](COC(=O)CC(COC(=O)CCCCCCCC)COC(=O)CCCCCCCC)N1C(=O)OCCN(CCC)CCC. The van der Waals surface area contributed by atoms with E-state index in [4.69, 9.17) is 33.2 Å². The highest BCUT2D eigenvalue weighted by atomic mass is 16.6. The number of amides is 1. The van der Waals surface area contributed by atoms with Gasteiger partial charge in [-0.05, 0) is 64.5 Å². The molecule has 460 valence electrons. The van der Waals surface area contributed by atoms with Gasteiger partial charge in [0.1, 0.15) is 19.8 Å².